The molecule has 4 heteroatoms. The average molecular weight is 380 g/mol. The Morgan fingerprint density at radius 3 is 1.29 bits per heavy atom. The molecule has 148 valence electrons. The second-order valence-electron chi connectivity index (χ2n) is 7.56. The van der Waals surface area contributed by atoms with Gasteiger partial charge in [-0.25, -0.2) is 9.59 Å². The molecule has 0 fully saturated rings. The van der Waals surface area contributed by atoms with Crippen LogP contribution in [0.4, 0.5) is 0 Å². The van der Waals surface area contributed by atoms with Crippen molar-refractivity contribution < 1.29 is 19.1 Å². The summed E-state index contributed by atoms with van der Waals surface area (Å²) >= 11 is 0. The SMILES string of the molecule is CC(C)COC(=O)c1ccc(/C=C/c2ccc(C(=O)OCC(C)C)cc2)cc1. The fourth-order valence-corrected chi connectivity index (χ4v) is 2.30. The van der Waals surface area contributed by atoms with E-state index in [-0.39, 0.29) is 11.9 Å². The molecule has 0 aliphatic carbocycles. The topological polar surface area (TPSA) is 52.6 Å². The summed E-state index contributed by atoms with van der Waals surface area (Å²) in [5.74, 6) is 0.0255. The molecular weight excluding hydrogens is 352 g/mol. The Bertz CT molecular complexity index is 730. The summed E-state index contributed by atoms with van der Waals surface area (Å²) in [4.78, 5) is 23.9. The van der Waals surface area contributed by atoms with E-state index in [9.17, 15) is 9.59 Å². The van der Waals surface area contributed by atoms with Crippen LogP contribution < -0.4 is 0 Å². The first kappa shape index (κ1) is 21.4. The summed E-state index contributed by atoms with van der Waals surface area (Å²) in [6.07, 6.45) is 3.91. The Balaban J connectivity index is 1.94. The number of carbonyl (C=O) groups excluding carboxylic acids is 2. The van der Waals surface area contributed by atoms with Crippen LogP contribution >= 0.6 is 0 Å². The van der Waals surface area contributed by atoms with E-state index < -0.39 is 0 Å². The zero-order chi connectivity index (χ0) is 20.5. The van der Waals surface area contributed by atoms with Gasteiger partial charge >= 0.3 is 11.9 Å². The number of rotatable bonds is 8. The highest BCUT2D eigenvalue weighted by Crippen LogP contribution is 2.13. The molecule has 0 saturated heterocycles. The Morgan fingerprint density at radius 1 is 0.679 bits per heavy atom. The van der Waals surface area contributed by atoms with E-state index in [4.69, 9.17) is 9.47 Å². The summed E-state index contributed by atoms with van der Waals surface area (Å²) in [6.45, 7) is 8.85. The number of ether oxygens (including phenoxy) is 2. The molecule has 2 aromatic carbocycles. The van der Waals surface area contributed by atoms with Gasteiger partial charge in [-0.15, -0.1) is 0 Å². The van der Waals surface area contributed by atoms with Crippen molar-refractivity contribution in [2.75, 3.05) is 13.2 Å². The fourth-order valence-electron chi connectivity index (χ4n) is 2.30. The Kier molecular flexibility index (Phi) is 8.00. The molecule has 0 radical (unpaired) electrons. The molecule has 0 amide bonds. The minimum absolute atomic E-state index is 0.302. The lowest BCUT2D eigenvalue weighted by atomic mass is 10.1. The molecule has 2 rings (SSSR count). The predicted molar refractivity (Wildman–Crippen MR) is 112 cm³/mol. The van der Waals surface area contributed by atoms with E-state index >= 15 is 0 Å². The van der Waals surface area contributed by atoms with Crippen molar-refractivity contribution in [1.82, 2.24) is 0 Å². The number of benzene rings is 2. The molecule has 0 aliphatic heterocycles. The third-order valence-electron chi connectivity index (χ3n) is 3.86. The summed E-state index contributed by atoms with van der Waals surface area (Å²) in [6, 6.07) is 14.5. The molecule has 0 unspecified atom stereocenters. The molecule has 0 aliphatic rings. The average Bonchev–Trinajstić information content (AvgIpc) is 2.69. The normalized spacial score (nSPS) is 11.2. The van der Waals surface area contributed by atoms with E-state index in [2.05, 4.69) is 0 Å². The van der Waals surface area contributed by atoms with Crippen molar-refractivity contribution in [1.29, 1.82) is 0 Å². The van der Waals surface area contributed by atoms with Crippen LogP contribution in [0, 0.1) is 11.8 Å². The monoisotopic (exact) mass is 380 g/mol. The van der Waals surface area contributed by atoms with Gasteiger partial charge in [-0.2, -0.15) is 0 Å². The third kappa shape index (κ3) is 7.03. The van der Waals surface area contributed by atoms with Crippen LogP contribution in [-0.4, -0.2) is 25.2 Å². The van der Waals surface area contributed by atoms with Crippen LogP contribution in [0.25, 0.3) is 12.2 Å². The van der Waals surface area contributed by atoms with Gasteiger partial charge < -0.3 is 9.47 Å². The Hall–Kier alpha value is -2.88. The maximum Gasteiger partial charge on any atom is 0.338 e. The van der Waals surface area contributed by atoms with Gasteiger partial charge in [0.25, 0.3) is 0 Å². The van der Waals surface area contributed by atoms with Crippen molar-refractivity contribution in [3.05, 3.63) is 70.8 Å². The third-order valence-corrected chi connectivity index (χ3v) is 3.86. The van der Waals surface area contributed by atoms with Crippen LogP contribution in [-0.2, 0) is 9.47 Å². The van der Waals surface area contributed by atoms with Crippen LogP contribution in [0.15, 0.2) is 48.5 Å². The van der Waals surface area contributed by atoms with Crippen molar-refractivity contribution in [3.8, 4) is 0 Å². The molecule has 28 heavy (non-hydrogen) atoms. The van der Waals surface area contributed by atoms with Gasteiger partial charge in [-0.3, -0.25) is 0 Å². The zero-order valence-electron chi connectivity index (χ0n) is 17.0. The van der Waals surface area contributed by atoms with Gasteiger partial charge in [0.05, 0.1) is 24.3 Å². The van der Waals surface area contributed by atoms with Crippen LogP contribution in [0.2, 0.25) is 0 Å². The summed E-state index contributed by atoms with van der Waals surface area (Å²) in [7, 11) is 0. The number of carbonyl (C=O) groups is 2. The van der Waals surface area contributed by atoms with Crippen molar-refractivity contribution >= 4 is 24.1 Å². The second kappa shape index (κ2) is 10.5. The molecule has 4 nitrogen and oxygen atoms in total. The Labute approximate surface area is 167 Å². The summed E-state index contributed by atoms with van der Waals surface area (Å²) in [5, 5.41) is 0. The van der Waals surface area contributed by atoms with E-state index in [0.717, 1.165) is 11.1 Å². The number of hydrogen-bond acceptors (Lipinski definition) is 4. The highest BCUT2D eigenvalue weighted by molar-refractivity contribution is 5.90. The minimum Gasteiger partial charge on any atom is -0.462 e. The van der Waals surface area contributed by atoms with Gasteiger partial charge in [-0.1, -0.05) is 64.1 Å². The van der Waals surface area contributed by atoms with Gasteiger partial charge in [-0.05, 0) is 47.2 Å². The molecule has 0 N–H and O–H groups in total. The van der Waals surface area contributed by atoms with Crippen molar-refractivity contribution in [3.63, 3.8) is 0 Å². The Morgan fingerprint density at radius 2 is 1.00 bits per heavy atom. The van der Waals surface area contributed by atoms with Crippen LogP contribution in [0.1, 0.15) is 59.5 Å². The van der Waals surface area contributed by atoms with Crippen molar-refractivity contribution in [2.45, 2.75) is 27.7 Å². The summed E-state index contributed by atoms with van der Waals surface area (Å²) in [5.41, 5.74) is 3.03. The minimum atomic E-state index is -0.302. The number of hydrogen-bond donors (Lipinski definition) is 0. The highest BCUT2D eigenvalue weighted by atomic mass is 16.5. The standard InChI is InChI=1S/C24H28O4/c1-17(2)15-27-23(25)21-11-7-19(8-12-21)5-6-20-9-13-22(14-10-20)24(26)28-16-18(3)4/h5-14,17-18H,15-16H2,1-4H3/b6-5+. The molecule has 0 heterocycles. The van der Waals surface area contributed by atoms with Gasteiger partial charge in [0.1, 0.15) is 0 Å². The zero-order valence-corrected chi connectivity index (χ0v) is 17.0. The summed E-state index contributed by atoms with van der Waals surface area (Å²) < 4.78 is 10.4. The lowest BCUT2D eigenvalue weighted by Gasteiger charge is -2.07. The highest BCUT2D eigenvalue weighted by Gasteiger charge is 2.08. The maximum atomic E-state index is 11.9. The first-order valence-electron chi connectivity index (χ1n) is 9.57. The van der Waals surface area contributed by atoms with Gasteiger partial charge in [0, 0.05) is 0 Å². The van der Waals surface area contributed by atoms with Crippen LogP contribution in [0.5, 0.6) is 0 Å². The van der Waals surface area contributed by atoms with E-state index in [0.29, 0.717) is 36.2 Å². The first-order valence-corrected chi connectivity index (χ1v) is 9.57. The maximum absolute atomic E-state index is 11.9. The first-order chi connectivity index (χ1) is 13.3. The van der Waals surface area contributed by atoms with E-state index in [1.807, 2.05) is 64.1 Å². The molecule has 0 aromatic heterocycles. The lowest BCUT2D eigenvalue weighted by molar-refractivity contribution is 0.0450. The molecule has 2 aromatic rings. The van der Waals surface area contributed by atoms with E-state index in [1.54, 1.807) is 24.3 Å². The molecule has 0 saturated carbocycles. The van der Waals surface area contributed by atoms with Gasteiger partial charge in [0.15, 0.2) is 0 Å². The number of esters is 2. The van der Waals surface area contributed by atoms with Crippen LogP contribution in [0.3, 0.4) is 0 Å². The second-order valence-corrected chi connectivity index (χ2v) is 7.56. The van der Waals surface area contributed by atoms with E-state index in [1.165, 1.54) is 0 Å². The largest absolute Gasteiger partial charge is 0.462 e. The quantitative estimate of drug-likeness (QED) is 0.449. The molecular formula is C24H28O4. The molecule has 0 atom stereocenters. The fraction of sp³-hybridized carbons (Fsp3) is 0.333. The smallest absolute Gasteiger partial charge is 0.338 e. The molecule has 0 bridgehead atoms. The molecule has 0 spiro atoms. The predicted octanol–water partition coefficient (Wildman–Crippen LogP) is 5.48. The van der Waals surface area contributed by atoms with Gasteiger partial charge in [0.2, 0.25) is 0 Å². The lowest BCUT2D eigenvalue weighted by Crippen LogP contribution is -2.10. The van der Waals surface area contributed by atoms with Crippen molar-refractivity contribution in [2.24, 2.45) is 11.8 Å².